The normalized spacial score (nSPS) is 10.1. The van der Waals surface area contributed by atoms with Gasteiger partial charge >= 0.3 is 5.97 Å². The Balaban J connectivity index is 2.08. The molecule has 94 valence electrons. The zero-order valence-corrected chi connectivity index (χ0v) is 10.7. The van der Waals surface area contributed by atoms with E-state index in [2.05, 4.69) is 0 Å². The van der Waals surface area contributed by atoms with Gasteiger partial charge < -0.3 is 15.2 Å². The summed E-state index contributed by atoms with van der Waals surface area (Å²) in [5, 5.41) is 1.93. The quantitative estimate of drug-likeness (QED) is 0.680. The van der Waals surface area contributed by atoms with Crippen LogP contribution < -0.4 is 10.5 Å². The van der Waals surface area contributed by atoms with E-state index in [0.29, 0.717) is 17.0 Å². The molecule has 2 aromatic rings. The van der Waals surface area contributed by atoms with Gasteiger partial charge in [0, 0.05) is 10.6 Å². The van der Waals surface area contributed by atoms with Gasteiger partial charge in [0.05, 0.1) is 12.7 Å². The Kier molecular flexibility index (Phi) is 3.84. The van der Waals surface area contributed by atoms with Crippen molar-refractivity contribution in [3.8, 4) is 5.75 Å². The van der Waals surface area contributed by atoms with Crippen molar-refractivity contribution >= 4 is 23.0 Å². The molecular weight excluding hydrogens is 250 g/mol. The summed E-state index contributed by atoms with van der Waals surface area (Å²) in [6.07, 6.45) is 0. The van der Waals surface area contributed by atoms with Crippen LogP contribution in [0.15, 0.2) is 35.7 Å². The molecule has 0 aliphatic carbocycles. The monoisotopic (exact) mass is 263 g/mol. The molecule has 0 spiro atoms. The minimum Gasteiger partial charge on any atom is -0.497 e. The molecule has 0 saturated carbocycles. The molecule has 1 heterocycles. The molecule has 0 radical (unpaired) electrons. The van der Waals surface area contributed by atoms with E-state index in [9.17, 15) is 4.79 Å². The maximum Gasteiger partial charge on any atom is 0.340 e. The fraction of sp³-hybridized carbons (Fsp3) is 0.154. The first-order valence-electron chi connectivity index (χ1n) is 5.33. The molecule has 0 unspecified atom stereocenters. The molecule has 2 N–H and O–H groups in total. The van der Waals surface area contributed by atoms with Crippen LogP contribution in [0.3, 0.4) is 0 Å². The lowest BCUT2D eigenvalue weighted by Gasteiger charge is -2.08. The summed E-state index contributed by atoms with van der Waals surface area (Å²) in [7, 11) is 1.53. The van der Waals surface area contributed by atoms with Crippen molar-refractivity contribution in [2.45, 2.75) is 6.61 Å². The predicted octanol–water partition coefficient (Wildman–Crippen LogP) is 2.70. The standard InChI is InChI=1S/C13H13NO3S/c1-16-9-4-5-12(14)11(7-9)13(15)17-8-10-3-2-6-18-10/h2-7H,8,14H2,1H3. The Bertz CT molecular complexity index is 537. The van der Waals surface area contributed by atoms with Crippen LogP contribution >= 0.6 is 11.3 Å². The van der Waals surface area contributed by atoms with Gasteiger partial charge in [-0.3, -0.25) is 0 Å². The highest BCUT2D eigenvalue weighted by molar-refractivity contribution is 7.09. The summed E-state index contributed by atoms with van der Waals surface area (Å²) in [5.74, 6) is 0.132. The van der Waals surface area contributed by atoms with E-state index in [-0.39, 0.29) is 6.61 Å². The number of thiophene rings is 1. The number of ether oxygens (including phenoxy) is 2. The highest BCUT2D eigenvalue weighted by Crippen LogP contribution is 2.21. The van der Waals surface area contributed by atoms with E-state index in [4.69, 9.17) is 15.2 Å². The lowest BCUT2D eigenvalue weighted by molar-refractivity contribution is 0.0477. The average Bonchev–Trinajstić information content (AvgIpc) is 2.89. The minimum absolute atomic E-state index is 0.257. The Labute approximate surface area is 109 Å². The summed E-state index contributed by atoms with van der Waals surface area (Å²) >= 11 is 1.54. The van der Waals surface area contributed by atoms with Crippen molar-refractivity contribution in [2.24, 2.45) is 0 Å². The Hall–Kier alpha value is -2.01. The smallest absolute Gasteiger partial charge is 0.340 e. The van der Waals surface area contributed by atoms with Crippen molar-refractivity contribution in [1.82, 2.24) is 0 Å². The van der Waals surface area contributed by atoms with Gasteiger partial charge in [0.15, 0.2) is 0 Å². The van der Waals surface area contributed by atoms with Crippen LogP contribution in [0.5, 0.6) is 5.75 Å². The Morgan fingerprint density at radius 3 is 2.89 bits per heavy atom. The highest BCUT2D eigenvalue weighted by Gasteiger charge is 2.12. The third-order valence-electron chi connectivity index (χ3n) is 2.41. The number of rotatable bonds is 4. The van der Waals surface area contributed by atoms with Gasteiger partial charge in [0.25, 0.3) is 0 Å². The van der Waals surface area contributed by atoms with E-state index in [1.807, 2.05) is 17.5 Å². The molecule has 0 aliphatic heterocycles. The Morgan fingerprint density at radius 1 is 1.39 bits per heavy atom. The number of anilines is 1. The molecule has 2 rings (SSSR count). The SMILES string of the molecule is COc1ccc(N)c(C(=O)OCc2cccs2)c1. The summed E-state index contributed by atoms with van der Waals surface area (Å²) < 4.78 is 10.2. The number of methoxy groups -OCH3 is 1. The zero-order chi connectivity index (χ0) is 13.0. The summed E-state index contributed by atoms with van der Waals surface area (Å²) in [6, 6.07) is 8.72. The molecule has 1 aromatic heterocycles. The number of carbonyl (C=O) groups is 1. The van der Waals surface area contributed by atoms with Crippen LogP contribution in [0.25, 0.3) is 0 Å². The van der Waals surface area contributed by atoms with Gasteiger partial charge in [0.1, 0.15) is 12.4 Å². The number of nitrogens with two attached hydrogens (primary N) is 1. The maximum atomic E-state index is 11.9. The molecule has 1 aromatic carbocycles. The predicted molar refractivity (Wildman–Crippen MR) is 70.8 cm³/mol. The first-order valence-corrected chi connectivity index (χ1v) is 6.21. The van der Waals surface area contributed by atoms with Gasteiger partial charge in [-0.15, -0.1) is 11.3 Å². The number of nitrogen functional groups attached to an aromatic ring is 1. The van der Waals surface area contributed by atoms with Crippen LogP contribution in [-0.4, -0.2) is 13.1 Å². The largest absolute Gasteiger partial charge is 0.497 e. The third-order valence-corrected chi connectivity index (χ3v) is 3.26. The highest BCUT2D eigenvalue weighted by atomic mass is 32.1. The van der Waals surface area contributed by atoms with Crippen molar-refractivity contribution < 1.29 is 14.3 Å². The average molecular weight is 263 g/mol. The second-order valence-corrected chi connectivity index (χ2v) is 4.64. The summed E-state index contributed by atoms with van der Waals surface area (Å²) in [4.78, 5) is 12.9. The maximum absolute atomic E-state index is 11.9. The molecule has 0 amide bonds. The zero-order valence-electron chi connectivity index (χ0n) is 9.88. The van der Waals surface area contributed by atoms with Crippen LogP contribution in [0.2, 0.25) is 0 Å². The van der Waals surface area contributed by atoms with E-state index in [1.54, 1.807) is 18.2 Å². The first-order chi connectivity index (χ1) is 8.70. The molecular formula is C13H13NO3S. The van der Waals surface area contributed by atoms with Crippen LogP contribution in [0.1, 0.15) is 15.2 Å². The lowest BCUT2D eigenvalue weighted by atomic mass is 10.2. The fourth-order valence-electron chi connectivity index (χ4n) is 1.45. The summed E-state index contributed by atoms with van der Waals surface area (Å²) in [6.45, 7) is 0.257. The second-order valence-electron chi connectivity index (χ2n) is 3.61. The number of hydrogen-bond acceptors (Lipinski definition) is 5. The number of esters is 1. The summed E-state index contributed by atoms with van der Waals surface area (Å²) in [5.41, 5.74) is 6.45. The van der Waals surface area contributed by atoms with Crippen LogP contribution in [-0.2, 0) is 11.3 Å². The van der Waals surface area contributed by atoms with Crippen molar-refractivity contribution in [1.29, 1.82) is 0 Å². The fourth-order valence-corrected chi connectivity index (χ4v) is 2.06. The molecule has 0 fully saturated rings. The van der Waals surface area contributed by atoms with E-state index >= 15 is 0 Å². The van der Waals surface area contributed by atoms with Crippen LogP contribution in [0.4, 0.5) is 5.69 Å². The van der Waals surface area contributed by atoms with Gasteiger partial charge in [-0.05, 0) is 29.6 Å². The van der Waals surface area contributed by atoms with Crippen molar-refractivity contribution in [3.05, 3.63) is 46.2 Å². The first kappa shape index (κ1) is 12.4. The second kappa shape index (κ2) is 5.55. The van der Waals surface area contributed by atoms with Gasteiger partial charge in [-0.25, -0.2) is 4.79 Å². The van der Waals surface area contributed by atoms with Gasteiger partial charge in [-0.1, -0.05) is 6.07 Å². The van der Waals surface area contributed by atoms with E-state index in [0.717, 1.165) is 4.88 Å². The Morgan fingerprint density at radius 2 is 2.22 bits per heavy atom. The molecule has 0 aliphatic rings. The molecule has 18 heavy (non-hydrogen) atoms. The third kappa shape index (κ3) is 2.81. The van der Waals surface area contributed by atoms with E-state index < -0.39 is 5.97 Å². The number of carbonyl (C=O) groups excluding carboxylic acids is 1. The van der Waals surface area contributed by atoms with Gasteiger partial charge in [0.2, 0.25) is 0 Å². The minimum atomic E-state index is -0.445. The number of hydrogen-bond donors (Lipinski definition) is 1. The van der Waals surface area contributed by atoms with Crippen molar-refractivity contribution in [3.63, 3.8) is 0 Å². The lowest BCUT2D eigenvalue weighted by Crippen LogP contribution is -2.08. The topological polar surface area (TPSA) is 61.5 Å². The molecule has 5 heteroatoms. The number of benzene rings is 1. The van der Waals surface area contributed by atoms with Gasteiger partial charge in [-0.2, -0.15) is 0 Å². The molecule has 4 nitrogen and oxygen atoms in total. The van der Waals surface area contributed by atoms with Crippen molar-refractivity contribution in [2.75, 3.05) is 12.8 Å². The molecule has 0 bridgehead atoms. The molecule has 0 atom stereocenters. The molecule has 0 saturated heterocycles. The van der Waals surface area contributed by atoms with Crippen LogP contribution in [0, 0.1) is 0 Å². The van der Waals surface area contributed by atoms with E-state index in [1.165, 1.54) is 18.4 Å².